The Morgan fingerprint density at radius 3 is 2.30 bits per heavy atom. The van der Waals surface area contributed by atoms with Crippen LogP contribution in [0.1, 0.15) is 106 Å². The molecule has 4 aliphatic rings. The maximum Gasteiger partial charge on any atom is 0.306 e. The first-order valence-corrected chi connectivity index (χ1v) is 18.0. The Morgan fingerprint density at radius 1 is 0.894 bits per heavy atom. The van der Waals surface area contributed by atoms with E-state index in [4.69, 9.17) is 4.74 Å². The molecule has 8 atom stereocenters. The molecule has 47 heavy (non-hydrogen) atoms. The standard InChI is InChI=1S/C41H53NO5/c1-25-16-26(2)18-30(17-25)23-42-22-28-7-9-29(10-8-28)24-47-38(46)13-6-27(3)33-11-12-34-39-35(21-37(45)41(33,34)5)40(4)15-14-32(43)19-31(40)20-36(39)44/h7-10,16-18,27,31,33-35,39,42H,6,11-15,19-24H2,1-5H3/t27-,31-,33-,34+,35+,39+,40+,41-/m1/s1. The third kappa shape index (κ3) is 6.64. The van der Waals surface area contributed by atoms with Crippen molar-refractivity contribution in [3.8, 4) is 0 Å². The Morgan fingerprint density at radius 2 is 1.57 bits per heavy atom. The lowest BCUT2D eigenvalue weighted by Crippen LogP contribution is -2.60. The fourth-order valence-corrected chi connectivity index (χ4v) is 10.4. The number of hydrogen-bond acceptors (Lipinski definition) is 6. The van der Waals surface area contributed by atoms with Gasteiger partial charge in [-0.2, -0.15) is 0 Å². The van der Waals surface area contributed by atoms with Gasteiger partial charge in [-0.25, -0.2) is 0 Å². The number of nitrogens with one attached hydrogen (secondary N) is 1. The van der Waals surface area contributed by atoms with Crippen LogP contribution >= 0.6 is 0 Å². The number of ketones is 3. The minimum atomic E-state index is -0.524. The smallest absolute Gasteiger partial charge is 0.306 e. The van der Waals surface area contributed by atoms with E-state index in [-0.39, 0.29) is 65.1 Å². The van der Waals surface area contributed by atoms with Crippen molar-refractivity contribution in [2.45, 2.75) is 112 Å². The van der Waals surface area contributed by atoms with Gasteiger partial charge < -0.3 is 10.1 Å². The third-order valence-corrected chi connectivity index (χ3v) is 13.1. The van der Waals surface area contributed by atoms with Crippen molar-refractivity contribution in [1.29, 1.82) is 0 Å². The molecule has 6 heteroatoms. The second kappa shape index (κ2) is 13.4. The maximum absolute atomic E-state index is 14.1. The molecule has 1 N–H and O–H groups in total. The molecule has 4 aliphatic carbocycles. The van der Waals surface area contributed by atoms with Gasteiger partial charge in [-0.3, -0.25) is 19.2 Å². The lowest BCUT2D eigenvalue weighted by atomic mass is 9.44. The normalized spacial score (nSPS) is 32.4. The van der Waals surface area contributed by atoms with Gasteiger partial charge in [-0.15, -0.1) is 0 Å². The first-order chi connectivity index (χ1) is 22.4. The number of carbonyl (C=O) groups excluding carboxylic acids is 4. The molecule has 0 saturated heterocycles. The van der Waals surface area contributed by atoms with Crippen molar-refractivity contribution >= 4 is 23.3 Å². The summed E-state index contributed by atoms with van der Waals surface area (Å²) in [5, 5.41) is 3.51. The summed E-state index contributed by atoms with van der Waals surface area (Å²) in [7, 11) is 0. The number of ether oxygens (including phenoxy) is 1. The summed E-state index contributed by atoms with van der Waals surface area (Å²) in [6.45, 7) is 12.6. The summed E-state index contributed by atoms with van der Waals surface area (Å²) >= 11 is 0. The van der Waals surface area contributed by atoms with E-state index >= 15 is 0 Å². The molecule has 2 aromatic carbocycles. The van der Waals surface area contributed by atoms with Crippen molar-refractivity contribution < 1.29 is 23.9 Å². The number of rotatable bonds is 10. The lowest BCUT2D eigenvalue weighted by molar-refractivity contribution is -0.166. The number of carbonyl (C=O) groups is 4. The van der Waals surface area contributed by atoms with Gasteiger partial charge >= 0.3 is 5.97 Å². The van der Waals surface area contributed by atoms with Crippen LogP contribution in [0, 0.1) is 60.2 Å². The van der Waals surface area contributed by atoms with Crippen LogP contribution in [0.15, 0.2) is 42.5 Å². The molecular weight excluding hydrogens is 586 g/mol. The van der Waals surface area contributed by atoms with Crippen LogP contribution in [0.25, 0.3) is 0 Å². The highest BCUT2D eigenvalue weighted by Gasteiger charge is 2.66. The zero-order chi connectivity index (χ0) is 33.5. The number of fused-ring (bicyclic) bond motifs is 5. The van der Waals surface area contributed by atoms with E-state index in [9.17, 15) is 19.2 Å². The summed E-state index contributed by atoms with van der Waals surface area (Å²) in [5.41, 5.74) is 5.36. The average molecular weight is 640 g/mol. The predicted molar refractivity (Wildman–Crippen MR) is 182 cm³/mol. The highest BCUT2D eigenvalue weighted by atomic mass is 16.5. The first kappa shape index (κ1) is 33.8. The second-order valence-electron chi connectivity index (χ2n) is 16.0. The number of aryl methyl sites for hydroxylation is 2. The second-order valence-corrected chi connectivity index (χ2v) is 16.0. The molecule has 4 fully saturated rings. The van der Waals surface area contributed by atoms with Gasteiger partial charge in [0.25, 0.3) is 0 Å². The molecule has 0 amide bonds. The SMILES string of the molecule is Cc1cc(C)cc(CNCc2ccc(COC(=O)CC[C@@H](C)[C@H]3CC[C@H]4[C@@H]5C(=O)C[C@H]6CC(=O)CC[C@]6(C)[C@H]5CC(=O)[C@]34C)cc2)c1. The molecule has 6 nitrogen and oxygen atoms in total. The van der Waals surface area contributed by atoms with E-state index in [0.717, 1.165) is 37.9 Å². The Hall–Kier alpha value is -3.12. The van der Waals surface area contributed by atoms with E-state index in [2.05, 4.69) is 70.3 Å². The van der Waals surface area contributed by atoms with Gasteiger partial charge in [0.2, 0.25) is 0 Å². The Labute approximate surface area is 280 Å². The van der Waals surface area contributed by atoms with Gasteiger partial charge in [0.05, 0.1) is 0 Å². The van der Waals surface area contributed by atoms with Crippen molar-refractivity contribution in [3.63, 3.8) is 0 Å². The van der Waals surface area contributed by atoms with Crippen LogP contribution in [0.5, 0.6) is 0 Å². The molecule has 0 bridgehead atoms. The molecule has 2 aromatic rings. The quantitative estimate of drug-likeness (QED) is 0.269. The van der Waals surface area contributed by atoms with E-state index in [0.29, 0.717) is 44.3 Å². The summed E-state index contributed by atoms with van der Waals surface area (Å²) in [5.74, 6) is 1.14. The van der Waals surface area contributed by atoms with Crippen LogP contribution < -0.4 is 5.32 Å². The molecule has 0 unspecified atom stereocenters. The lowest BCUT2D eigenvalue weighted by Gasteiger charge is -2.58. The molecule has 0 radical (unpaired) electrons. The molecule has 0 heterocycles. The Balaban J connectivity index is 0.984. The minimum absolute atomic E-state index is 0.0599. The van der Waals surface area contributed by atoms with E-state index < -0.39 is 5.41 Å². The Kier molecular flexibility index (Phi) is 9.64. The average Bonchev–Trinajstić information content (AvgIpc) is 3.39. The van der Waals surface area contributed by atoms with Crippen molar-refractivity contribution in [2.75, 3.05) is 0 Å². The number of Topliss-reactive ketones (excluding diaryl/α,β-unsaturated/α-hetero) is 3. The Bertz CT molecular complexity index is 1510. The van der Waals surface area contributed by atoms with Gasteiger partial charge in [-0.05, 0) is 91.2 Å². The fraction of sp³-hybridized carbons (Fsp3) is 0.610. The summed E-state index contributed by atoms with van der Waals surface area (Å²) in [6.07, 6.45) is 5.64. The van der Waals surface area contributed by atoms with Crippen LogP contribution in [-0.4, -0.2) is 23.3 Å². The van der Waals surface area contributed by atoms with Crippen molar-refractivity contribution in [1.82, 2.24) is 5.32 Å². The van der Waals surface area contributed by atoms with Crippen LogP contribution in [0.2, 0.25) is 0 Å². The molecule has 252 valence electrons. The zero-order valence-corrected chi connectivity index (χ0v) is 29.0. The molecule has 0 aromatic heterocycles. The minimum Gasteiger partial charge on any atom is -0.461 e. The van der Waals surface area contributed by atoms with Crippen molar-refractivity contribution in [2.24, 2.45) is 46.3 Å². The molecular formula is C41H53NO5. The topological polar surface area (TPSA) is 89.5 Å². The van der Waals surface area contributed by atoms with Crippen LogP contribution in [0.3, 0.4) is 0 Å². The summed E-state index contributed by atoms with van der Waals surface area (Å²) < 4.78 is 5.66. The van der Waals surface area contributed by atoms with Gasteiger partial charge in [-0.1, -0.05) is 74.4 Å². The fourth-order valence-electron chi connectivity index (χ4n) is 10.4. The molecule has 4 saturated carbocycles. The van der Waals surface area contributed by atoms with Gasteiger partial charge in [0.15, 0.2) is 0 Å². The largest absolute Gasteiger partial charge is 0.461 e. The molecule has 0 spiro atoms. The van der Waals surface area contributed by atoms with Crippen LogP contribution in [-0.2, 0) is 43.6 Å². The highest BCUT2D eigenvalue weighted by molar-refractivity contribution is 5.93. The maximum atomic E-state index is 14.1. The van der Waals surface area contributed by atoms with E-state index in [1.54, 1.807) is 0 Å². The zero-order valence-electron chi connectivity index (χ0n) is 29.0. The number of benzene rings is 2. The highest BCUT2D eigenvalue weighted by Crippen LogP contribution is 2.66. The summed E-state index contributed by atoms with van der Waals surface area (Å²) in [4.78, 5) is 52.8. The molecule has 6 rings (SSSR count). The third-order valence-electron chi connectivity index (χ3n) is 13.1. The monoisotopic (exact) mass is 639 g/mol. The van der Waals surface area contributed by atoms with Crippen LogP contribution in [0.4, 0.5) is 0 Å². The van der Waals surface area contributed by atoms with Crippen molar-refractivity contribution in [3.05, 3.63) is 70.3 Å². The predicted octanol–water partition coefficient (Wildman–Crippen LogP) is 7.64. The first-order valence-electron chi connectivity index (χ1n) is 18.0. The number of esters is 1. The van der Waals surface area contributed by atoms with E-state index in [1.807, 2.05) is 12.1 Å². The number of hydrogen-bond donors (Lipinski definition) is 1. The van der Waals surface area contributed by atoms with E-state index in [1.165, 1.54) is 22.3 Å². The van der Waals surface area contributed by atoms with Gasteiger partial charge in [0.1, 0.15) is 24.0 Å². The van der Waals surface area contributed by atoms with Gasteiger partial charge in [0, 0.05) is 56.5 Å². The summed E-state index contributed by atoms with van der Waals surface area (Å²) in [6, 6.07) is 14.8. The molecule has 0 aliphatic heterocycles.